The number of nitrogens with two attached hydrogens (primary N) is 2. The fourth-order valence-electron chi connectivity index (χ4n) is 1.33. The molecule has 0 fully saturated rings. The van der Waals surface area contributed by atoms with Crippen LogP contribution in [0.15, 0.2) is 0 Å². The maximum absolute atomic E-state index is 8.72. The standard InChI is InChI=1S/C6H15NO2.2C5H13NO2.C4H11NO2/c1-5(8)3-7-4-6(2)9;2*1-2-5(6,3-7)4-8;6-3-1-5-2-4-7/h5-9H,3-4H2,1-2H3;2*7-8H,2-4,6H2,1H3;5-7H,1-4H2. The lowest BCUT2D eigenvalue weighted by Crippen LogP contribution is -2.46. The van der Waals surface area contributed by atoms with Gasteiger partial charge >= 0.3 is 0 Å². The molecule has 14 N–H and O–H groups in total. The number of aliphatic hydroxyl groups is 8. The van der Waals surface area contributed by atoms with Gasteiger partial charge in [-0.05, 0) is 26.7 Å². The molecule has 32 heavy (non-hydrogen) atoms. The lowest BCUT2D eigenvalue weighted by Gasteiger charge is -2.21. The van der Waals surface area contributed by atoms with Crippen LogP contribution in [0.25, 0.3) is 0 Å². The topological polar surface area (TPSA) is 238 Å². The molecule has 0 radical (unpaired) electrons. The number of hydrogen-bond acceptors (Lipinski definition) is 12. The Balaban J connectivity index is -0.000000164. The minimum absolute atomic E-state index is 0.139. The molecule has 2 unspecified atom stereocenters. The van der Waals surface area contributed by atoms with E-state index in [1.165, 1.54) is 0 Å². The fourth-order valence-corrected chi connectivity index (χ4v) is 1.33. The van der Waals surface area contributed by atoms with Crippen LogP contribution in [0.3, 0.4) is 0 Å². The summed E-state index contributed by atoms with van der Waals surface area (Å²) < 4.78 is 0. The third kappa shape index (κ3) is 31.7. The van der Waals surface area contributed by atoms with Crippen molar-refractivity contribution in [3.8, 4) is 0 Å². The quantitative estimate of drug-likeness (QED) is 0.108. The van der Waals surface area contributed by atoms with Crippen LogP contribution >= 0.6 is 0 Å². The van der Waals surface area contributed by atoms with E-state index in [0.29, 0.717) is 39.0 Å². The highest BCUT2D eigenvalue weighted by atomic mass is 16.3. The molecule has 0 amide bonds. The fraction of sp³-hybridized carbons (Fsp3) is 1.00. The van der Waals surface area contributed by atoms with E-state index in [-0.39, 0.29) is 51.8 Å². The Labute approximate surface area is 193 Å². The summed E-state index contributed by atoms with van der Waals surface area (Å²) in [5.74, 6) is 0. The van der Waals surface area contributed by atoms with Crippen molar-refractivity contribution in [1.29, 1.82) is 0 Å². The number of nitrogens with one attached hydrogen (secondary N) is 2. The van der Waals surface area contributed by atoms with Gasteiger partial charge in [-0.3, -0.25) is 0 Å². The van der Waals surface area contributed by atoms with Gasteiger partial charge in [-0.2, -0.15) is 0 Å². The highest BCUT2D eigenvalue weighted by Gasteiger charge is 2.19. The van der Waals surface area contributed by atoms with Gasteiger partial charge in [-0.15, -0.1) is 0 Å². The molecule has 12 heteroatoms. The summed E-state index contributed by atoms with van der Waals surface area (Å²) in [7, 11) is 0. The molecule has 0 aromatic rings. The van der Waals surface area contributed by atoms with Gasteiger partial charge in [0.1, 0.15) is 0 Å². The molecule has 200 valence electrons. The predicted molar refractivity (Wildman–Crippen MR) is 126 cm³/mol. The van der Waals surface area contributed by atoms with E-state index in [0.717, 1.165) is 0 Å². The van der Waals surface area contributed by atoms with Crippen molar-refractivity contribution >= 4 is 0 Å². The van der Waals surface area contributed by atoms with Crippen LogP contribution < -0.4 is 22.1 Å². The molecule has 0 spiro atoms. The molecule has 0 aromatic carbocycles. The van der Waals surface area contributed by atoms with Crippen molar-refractivity contribution in [2.75, 3.05) is 65.8 Å². The second-order valence-electron chi connectivity index (χ2n) is 7.62. The van der Waals surface area contributed by atoms with Gasteiger partial charge in [0.25, 0.3) is 0 Å². The monoisotopic (exact) mass is 476 g/mol. The van der Waals surface area contributed by atoms with Crippen LogP contribution in [0.1, 0.15) is 40.5 Å². The lowest BCUT2D eigenvalue weighted by molar-refractivity contribution is 0.118. The minimum Gasteiger partial charge on any atom is -0.395 e. The number of hydrogen-bond donors (Lipinski definition) is 12. The summed E-state index contributed by atoms with van der Waals surface area (Å²) in [4.78, 5) is 0. The predicted octanol–water partition coefficient (Wildman–Crippen LogP) is -3.94. The summed E-state index contributed by atoms with van der Waals surface area (Å²) >= 11 is 0. The van der Waals surface area contributed by atoms with Crippen molar-refractivity contribution in [1.82, 2.24) is 10.6 Å². The normalized spacial score (nSPS) is 12.9. The average molecular weight is 477 g/mol. The average Bonchev–Trinajstić information content (AvgIpc) is 2.79. The van der Waals surface area contributed by atoms with E-state index < -0.39 is 11.1 Å². The Morgan fingerprint density at radius 3 is 1.03 bits per heavy atom. The van der Waals surface area contributed by atoms with Crippen LogP contribution in [0.2, 0.25) is 0 Å². The summed E-state index contributed by atoms with van der Waals surface area (Å²) in [5, 5.41) is 73.4. The molecule has 0 aromatic heterocycles. The van der Waals surface area contributed by atoms with Crippen LogP contribution in [0.5, 0.6) is 0 Å². The molecule has 0 aliphatic carbocycles. The zero-order valence-electron chi connectivity index (χ0n) is 20.4. The highest BCUT2D eigenvalue weighted by Crippen LogP contribution is 2.02. The Morgan fingerprint density at radius 1 is 0.625 bits per heavy atom. The van der Waals surface area contributed by atoms with Gasteiger partial charge in [0, 0.05) is 26.2 Å². The molecule has 12 nitrogen and oxygen atoms in total. The van der Waals surface area contributed by atoms with Crippen LogP contribution in [0, 0.1) is 0 Å². The zero-order valence-corrected chi connectivity index (χ0v) is 20.4. The maximum atomic E-state index is 8.72. The van der Waals surface area contributed by atoms with E-state index in [1.54, 1.807) is 13.8 Å². The van der Waals surface area contributed by atoms with Gasteiger partial charge in [-0.1, -0.05) is 13.8 Å². The van der Waals surface area contributed by atoms with E-state index in [2.05, 4.69) is 10.6 Å². The Bertz CT molecular complexity index is 299. The largest absolute Gasteiger partial charge is 0.395 e. The van der Waals surface area contributed by atoms with Gasteiger partial charge in [0.2, 0.25) is 0 Å². The Hall–Kier alpha value is -0.480. The van der Waals surface area contributed by atoms with E-state index in [1.807, 2.05) is 13.8 Å². The van der Waals surface area contributed by atoms with E-state index >= 15 is 0 Å². The minimum atomic E-state index is -0.764. The van der Waals surface area contributed by atoms with Crippen LogP contribution in [0.4, 0.5) is 0 Å². The Kier molecular flexibility index (Phi) is 32.4. The molecule has 0 heterocycles. The molecule has 0 rings (SSSR count). The highest BCUT2D eigenvalue weighted by molar-refractivity contribution is 4.80. The van der Waals surface area contributed by atoms with Gasteiger partial charge < -0.3 is 63.0 Å². The SMILES string of the molecule is CC(O)CNCC(C)O.CCC(N)(CO)CO.CCC(N)(CO)CO.OCCNCCO. The lowest BCUT2D eigenvalue weighted by atomic mass is 10.0. The number of rotatable bonds is 14. The first-order valence-electron chi connectivity index (χ1n) is 10.9. The second-order valence-corrected chi connectivity index (χ2v) is 7.62. The molecule has 2 atom stereocenters. The van der Waals surface area contributed by atoms with Gasteiger partial charge in [0.05, 0.1) is 62.9 Å². The first kappa shape index (κ1) is 38.8. The van der Waals surface area contributed by atoms with Crippen molar-refractivity contribution in [3.63, 3.8) is 0 Å². The van der Waals surface area contributed by atoms with Crippen molar-refractivity contribution in [2.45, 2.75) is 63.8 Å². The van der Waals surface area contributed by atoms with Gasteiger partial charge in [0.15, 0.2) is 0 Å². The van der Waals surface area contributed by atoms with Crippen molar-refractivity contribution in [2.24, 2.45) is 11.5 Å². The van der Waals surface area contributed by atoms with Crippen LogP contribution in [-0.4, -0.2) is 130 Å². The first-order valence-corrected chi connectivity index (χ1v) is 10.9. The summed E-state index contributed by atoms with van der Waals surface area (Å²) in [5.41, 5.74) is 9.26. The molecule has 0 aliphatic rings. The molecule has 0 saturated heterocycles. The van der Waals surface area contributed by atoms with Crippen molar-refractivity contribution < 1.29 is 40.9 Å². The van der Waals surface area contributed by atoms with E-state index in [4.69, 9.17) is 52.3 Å². The van der Waals surface area contributed by atoms with Gasteiger partial charge in [-0.25, -0.2) is 0 Å². The second kappa shape index (κ2) is 26.8. The number of aliphatic hydroxyl groups excluding tert-OH is 8. The molecular weight excluding hydrogens is 424 g/mol. The van der Waals surface area contributed by atoms with Crippen molar-refractivity contribution in [3.05, 3.63) is 0 Å². The molecule has 0 aliphatic heterocycles. The first-order chi connectivity index (χ1) is 14.9. The Morgan fingerprint density at radius 2 is 0.906 bits per heavy atom. The summed E-state index contributed by atoms with van der Waals surface area (Å²) in [6.45, 7) is 8.96. The molecule has 0 saturated carbocycles. The summed E-state index contributed by atoms with van der Waals surface area (Å²) in [6, 6.07) is 0. The molecular formula is C20H52N4O8. The van der Waals surface area contributed by atoms with E-state index in [9.17, 15) is 0 Å². The third-order valence-corrected chi connectivity index (χ3v) is 4.12. The zero-order chi connectivity index (χ0) is 26.1. The van der Waals surface area contributed by atoms with Crippen LogP contribution in [-0.2, 0) is 0 Å². The third-order valence-electron chi connectivity index (χ3n) is 4.12. The summed E-state index contributed by atoms with van der Waals surface area (Å²) in [6.07, 6.45) is 0.535. The molecule has 0 bridgehead atoms. The smallest absolute Gasteiger partial charge is 0.0636 e. The maximum Gasteiger partial charge on any atom is 0.0636 e.